The van der Waals surface area contributed by atoms with Crippen LogP contribution in [0, 0.1) is 5.82 Å². The minimum absolute atomic E-state index is 0.0169. The lowest BCUT2D eigenvalue weighted by atomic mass is 10.1. The first-order valence-electron chi connectivity index (χ1n) is 6.28. The molecule has 1 aliphatic rings. The van der Waals surface area contributed by atoms with E-state index < -0.39 is 5.82 Å². The van der Waals surface area contributed by atoms with Crippen molar-refractivity contribution in [1.29, 1.82) is 0 Å². The van der Waals surface area contributed by atoms with Gasteiger partial charge in [0.1, 0.15) is 11.5 Å². The van der Waals surface area contributed by atoms with E-state index in [-0.39, 0.29) is 24.1 Å². The Labute approximate surface area is 111 Å². The van der Waals surface area contributed by atoms with Gasteiger partial charge in [-0.25, -0.2) is 4.39 Å². The van der Waals surface area contributed by atoms with Crippen LogP contribution in [0.2, 0.25) is 0 Å². The highest BCUT2D eigenvalue weighted by molar-refractivity contribution is 5.94. The van der Waals surface area contributed by atoms with Crippen LogP contribution in [0.25, 0.3) is 0 Å². The van der Waals surface area contributed by atoms with Gasteiger partial charge in [0.15, 0.2) is 5.78 Å². The number of rotatable bonds is 5. The first-order chi connectivity index (χ1) is 9.20. The largest absolute Gasteiger partial charge is 0.395 e. The van der Waals surface area contributed by atoms with Crippen LogP contribution in [0.3, 0.4) is 0 Å². The Morgan fingerprint density at radius 3 is 3.11 bits per heavy atom. The van der Waals surface area contributed by atoms with Crippen LogP contribution in [0.1, 0.15) is 16.9 Å². The van der Waals surface area contributed by atoms with Crippen LogP contribution in [0.5, 0.6) is 0 Å². The first kappa shape index (κ1) is 14.0. The zero-order valence-corrected chi connectivity index (χ0v) is 10.6. The number of aliphatic hydroxyl groups is 1. The Kier molecular flexibility index (Phi) is 4.95. The predicted octanol–water partition coefficient (Wildman–Crippen LogP) is 0.487. The molecule has 0 spiro atoms. The van der Waals surface area contributed by atoms with Gasteiger partial charge in [0.05, 0.1) is 32.1 Å². The third kappa shape index (κ3) is 3.79. The van der Waals surface area contributed by atoms with Gasteiger partial charge in [0, 0.05) is 19.5 Å². The Morgan fingerprint density at radius 1 is 1.58 bits per heavy atom. The van der Waals surface area contributed by atoms with E-state index in [1.807, 2.05) is 4.90 Å². The van der Waals surface area contributed by atoms with Crippen LogP contribution in [0.15, 0.2) is 18.3 Å². The summed E-state index contributed by atoms with van der Waals surface area (Å²) in [5, 5.41) is 9.21. The van der Waals surface area contributed by atoms with Gasteiger partial charge in [-0.1, -0.05) is 0 Å². The molecule has 1 aromatic rings. The van der Waals surface area contributed by atoms with Crippen molar-refractivity contribution in [2.45, 2.75) is 12.5 Å². The number of nitrogens with zero attached hydrogens (tertiary/aromatic N) is 2. The summed E-state index contributed by atoms with van der Waals surface area (Å²) in [6.07, 6.45) is 1.34. The number of ether oxygens (including phenoxy) is 1. The lowest BCUT2D eigenvalue weighted by Crippen LogP contribution is -2.48. The fourth-order valence-electron chi connectivity index (χ4n) is 2.07. The van der Waals surface area contributed by atoms with Gasteiger partial charge in [-0.05, 0) is 12.1 Å². The molecule has 104 valence electrons. The normalized spacial score (nSPS) is 20.4. The molecule has 1 aromatic heterocycles. The summed E-state index contributed by atoms with van der Waals surface area (Å²) in [7, 11) is 0. The Morgan fingerprint density at radius 2 is 2.42 bits per heavy atom. The fraction of sp³-hybridized carbons (Fsp3) is 0.538. The second-order valence-electron chi connectivity index (χ2n) is 4.48. The third-order valence-electron chi connectivity index (χ3n) is 3.20. The molecule has 2 rings (SSSR count). The quantitative estimate of drug-likeness (QED) is 0.787. The first-order valence-corrected chi connectivity index (χ1v) is 6.28. The highest BCUT2D eigenvalue weighted by Crippen LogP contribution is 2.09. The van der Waals surface area contributed by atoms with Crippen molar-refractivity contribution in [2.75, 3.05) is 32.9 Å². The molecule has 6 heteroatoms. The summed E-state index contributed by atoms with van der Waals surface area (Å²) in [5.41, 5.74) is 0.273. The van der Waals surface area contributed by atoms with Gasteiger partial charge in [0.2, 0.25) is 0 Å². The Bertz CT molecular complexity index is 424. The van der Waals surface area contributed by atoms with Crippen molar-refractivity contribution in [3.8, 4) is 0 Å². The molecule has 1 saturated heterocycles. The molecule has 1 aliphatic heterocycles. The smallest absolute Gasteiger partial charge is 0.182 e. The van der Waals surface area contributed by atoms with Gasteiger partial charge in [-0.15, -0.1) is 0 Å². The van der Waals surface area contributed by atoms with Crippen LogP contribution in [-0.4, -0.2) is 59.7 Å². The van der Waals surface area contributed by atoms with Crippen molar-refractivity contribution in [2.24, 2.45) is 0 Å². The molecule has 19 heavy (non-hydrogen) atoms. The second kappa shape index (κ2) is 6.70. The third-order valence-corrected chi connectivity index (χ3v) is 3.20. The lowest BCUT2D eigenvalue weighted by Gasteiger charge is -2.34. The lowest BCUT2D eigenvalue weighted by molar-refractivity contribution is -0.0270. The number of hydrogen-bond donors (Lipinski definition) is 1. The minimum atomic E-state index is -0.454. The van der Waals surface area contributed by atoms with Gasteiger partial charge >= 0.3 is 0 Å². The van der Waals surface area contributed by atoms with Crippen molar-refractivity contribution in [1.82, 2.24) is 9.88 Å². The van der Waals surface area contributed by atoms with Crippen LogP contribution in [-0.2, 0) is 4.74 Å². The van der Waals surface area contributed by atoms with Gasteiger partial charge < -0.3 is 9.84 Å². The number of carbonyl (C=O) groups is 1. The molecule has 1 fully saturated rings. The number of aliphatic hydroxyl groups excluding tert-OH is 1. The maximum Gasteiger partial charge on any atom is 0.182 e. The molecule has 0 aliphatic carbocycles. The van der Waals surface area contributed by atoms with Crippen molar-refractivity contribution >= 4 is 5.78 Å². The average molecular weight is 268 g/mol. The molecule has 0 bridgehead atoms. The number of aromatic nitrogens is 1. The van der Waals surface area contributed by atoms with Gasteiger partial charge in [-0.3, -0.25) is 14.7 Å². The van der Waals surface area contributed by atoms with E-state index in [1.165, 1.54) is 12.1 Å². The SMILES string of the molecule is O=C(CCN1CCOCC1CO)c1ccc(F)cn1. The standard InChI is InChI=1S/C13H17FN2O3/c14-10-1-2-12(15-7-10)13(18)3-4-16-5-6-19-9-11(16)8-17/h1-2,7,11,17H,3-6,8-9H2. The Hall–Kier alpha value is -1.37. The molecule has 1 N–H and O–H groups in total. The van der Waals surface area contributed by atoms with Crippen LogP contribution < -0.4 is 0 Å². The van der Waals surface area contributed by atoms with E-state index in [9.17, 15) is 14.3 Å². The number of halogens is 1. The number of morpholine rings is 1. The number of carbonyl (C=O) groups excluding carboxylic acids is 1. The molecule has 0 radical (unpaired) electrons. The number of Topliss-reactive ketones (excluding diaryl/α,β-unsaturated/α-hetero) is 1. The van der Waals surface area contributed by atoms with E-state index in [1.54, 1.807) is 0 Å². The van der Waals surface area contributed by atoms with Crippen molar-refractivity contribution in [3.05, 3.63) is 29.8 Å². The highest BCUT2D eigenvalue weighted by Gasteiger charge is 2.22. The second-order valence-corrected chi connectivity index (χ2v) is 4.48. The predicted molar refractivity (Wildman–Crippen MR) is 66.4 cm³/mol. The molecule has 0 saturated carbocycles. The molecule has 0 aromatic carbocycles. The minimum Gasteiger partial charge on any atom is -0.395 e. The van der Waals surface area contributed by atoms with E-state index in [0.717, 1.165) is 6.20 Å². The molecule has 2 heterocycles. The average Bonchev–Trinajstić information content (AvgIpc) is 2.45. The molecular weight excluding hydrogens is 251 g/mol. The topological polar surface area (TPSA) is 62.7 Å². The molecule has 0 amide bonds. The summed E-state index contributed by atoms with van der Waals surface area (Å²) < 4.78 is 18.0. The number of pyridine rings is 1. The molecule has 5 nitrogen and oxygen atoms in total. The number of hydrogen-bond acceptors (Lipinski definition) is 5. The van der Waals surface area contributed by atoms with E-state index in [2.05, 4.69) is 4.98 Å². The molecular formula is C13H17FN2O3. The van der Waals surface area contributed by atoms with Crippen LogP contribution >= 0.6 is 0 Å². The zero-order valence-electron chi connectivity index (χ0n) is 10.6. The van der Waals surface area contributed by atoms with Crippen LogP contribution in [0.4, 0.5) is 4.39 Å². The number of ketones is 1. The maximum absolute atomic E-state index is 12.7. The van der Waals surface area contributed by atoms with Gasteiger partial charge in [-0.2, -0.15) is 0 Å². The van der Waals surface area contributed by atoms with Gasteiger partial charge in [0.25, 0.3) is 0 Å². The van der Waals surface area contributed by atoms with E-state index >= 15 is 0 Å². The Balaban J connectivity index is 1.87. The fourth-order valence-corrected chi connectivity index (χ4v) is 2.07. The summed E-state index contributed by atoms with van der Waals surface area (Å²) in [6.45, 7) is 2.36. The summed E-state index contributed by atoms with van der Waals surface area (Å²) in [5.74, 6) is -0.576. The summed E-state index contributed by atoms with van der Waals surface area (Å²) >= 11 is 0. The zero-order chi connectivity index (χ0) is 13.7. The molecule has 1 atom stereocenters. The van der Waals surface area contributed by atoms with E-state index in [0.29, 0.717) is 32.7 Å². The monoisotopic (exact) mass is 268 g/mol. The maximum atomic E-state index is 12.7. The van der Waals surface area contributed by atoms with Crippen molar-refractivity contribution < 1.29 is 19.0 Å². The molecule has 1 unspecified atom stereocenters. The highest BCUT2D eigenvalue weighted by atomic mass is 19.1. The van der Waals surface area contributed by atoms with E-state index in [4.69, 9.17) is 4.74 Å². The summed E-state index contributed by atoms with van der Waals surface area (Å²) in [6, 6.07) is 2.56. The van der Waals surface area contributed by atoms with Crippen molar-refractivity contribution in [3.63, 3.8) is 0 Å². The summed E-state index contributed by atoms with van der Waals surface area (Å²) in [4.78, 5) is 17.7.